The molecule has 0 aromatic rings. The lowest BCUT2D eigenvalue weighted by molar-refractivity contribution is 0.0934. The zero-order chi connectivity index (χ0) is 12.0. The third-order valence-electron chi connectivity index (χ3n) is 2.67. The Labute approximate surface area is 99.2 Å². The predicted octanol–water partition coefficient (Wildman–Crippen LogP) is 2.88. The topological polar surface area (TPSA) is 30.5 Å². The molecule has 3 nitrogen and oxygen atoms in total. The fraction of sp³-hybridized carbons (Fsp3) is 0.846. The summed E-state index contributed by atoms with van der Waals surface area (Å²) >= 11 is 0. The van der Waals surface area contributed by atoms with Gasteiger partial charge in [0, 0.05) is 12.5 Å². The number of ether oxygens (including phenoxy) is 2. The zero-order valence-corrected chi connectivity index (χ0v) is 11.0. The first kappa shape index (κ1) is 13.4. The summed E-state index contributed by atoms with van der Waals surface area (Å²) in [6.45, 7) is 10.9. The minimum Gasteiger partial charge on any atom is -0.496 e. The van der Waals surface area contributed by atoms with Crippen LogP contribution in [0, 0.1) is 11.8 Å². The molecule has 0 bridgehead atoms. The smallest absolute Gasteiger partial charge is 0.118 e. The van der Waals surface area contributed by atoms with E-state index in [0.717, 1.165) is 31.8 Å². The van der Waals surface area contributed by atoms with Crippen molar-refractivity contribution in [3.05, 3.63) is 11.5 Å². The van der Waals surface area contributed by atoms with Gasteiger partial charge in [0.1, 0.15) is 12.5 Å². The molecular formula is C13H25NO2. The van der Waals surface area contributed by atoms with Crippen LogP contribution in [-0.4, -0.2) is 19.9 Å². The van der Waals surface area contributed by atoms with Gasteiger partial charge in [-0.3, -0.25) is 0 Å². The Kier molecular flexibility index (Phi) is 5.67. The minimum absolute atomic E-state index is 0.421. The summed E-state index contributed by atoms with van der Waals surface area (Å²) in [5, 5.41) is 3.35. The van der Waals surface area contributed by atoms with E-state index in [9.17, 15) is 0 Å². The summed E-state index contributed by atoms with van der Waals surface area (Å²) in [5.74, 6) is 1.96. The second kappa shape index (κ2) is 6.79. The molecule has 94 valence electrons. The second-order valence-electron chi connectivity index (χ2n) is 4.87. The number of nitrogens with one attached hydrogen (secondary N) is 1. The van der Waals surface area contributed by atoms with Crippen molar-refractivity contribution in [2.45, 2.75) is 40.5 Å². The van der Waals surface area contributed by atoms with Crippen molar-refractivity contribution in [2.24, 2.45) is 11.8 Å². The molecule has 1 aliphatic rings. The maximum atomic E-state index is 5.92. The highest BCUT2D eigenvalue weighted by Gasteiger charge is 2.16. The third kappa shape index (κ3) is 4.05. The van der Waals surface area contributed by atoms with Crippen molar-refractivity contribution in [3.8, 4) is 0 Å². The highest BCUT2D eigenvalue weighted by atomic mass is 16.5. The molecule has 3 heteroatoms. The van der Waals surface area contributed by atoms with Crippen LogP contribution in [0.15, 0.2) is 11.5 Å². The van der Waals surface area contributed by atoms with Crippen LogP contribution in [0.4, 0.5) is 0 Å². The molecule has 1 aliphatic heterocycles. The quantitative estimate of drug-likeness (QED) is 0.787. The van der Waals surface area contributed by atoms with E-state index < -0.39 is 0 Å². The number of hydrogen-bond donors (Lipinski definition) is 1. The number of allylic oxidation sites excluding steroid dienone is 2. The average molecular weight is 227 g/mol. The Morgan fingerprint density at radius 3 is 2.31 bits per heavy atom. The first-order valence-corrected chi connectivity index (χ1v) is 6.31. The lowest BCUT2D eigenvalue weighted by Gasteiger charge is -2.24. The first-order chi connectivity index (χ1) is 7.63. The molecule has 0 aromatic carbocycles. The molecule has 1 heterocycles. The highest BCUT2D eigenvalue weighted by Crippen LogP contribution is 2.21. The average Bonchev–Trinajstić information content (AvgIpc) is 2.24. The Morgan fingerprint density at radius 1 is 1.00 bits per heavy atom. The summed E-state index contributed by atoms with van der Waals surface area (Å²) < 4.78 is 11.4. The van der Waals surface area contributed by atoms with Crippen LogP contribution in [0.3, 0.4) is 0 Å². The number of rotatable bonds is 2. The molecule has 0 saturated carbocycles. The Balaban J connectivity index is 2.82. The van der Waals surface area contributed by atoms with Crippen molar-refractivity contribution < 1.29 is 9.47 Å². The van der Waals surface area contributed by atoms with Crippen LogP contribution >= 0.6 is 0 Å². The summed E-state index contributed by atoms with van der Waals surface area (Å²) in [4.78, 5) is 0. The minimum atomic E-state index is 0.421. The van der Waals surface area contributed by atoms with Crippen LogP contribution in [-0.2, 0) is 9.47 Å². The molecule has 0 amide bonds. The molecule has 1 rings (SSSR count). The highest BCUT2D eigenvalue weighted by molar-refractivity contribution is 5.10. The predicted molar refractivity (Wildman–Crippen MR) is 65.8 cm³/mol. The van der Waals surface area contributed by atoms with E-state index in [-0.39, 0.29) is 0 Å². The molecule has 0 aliphatic carbocycles. The second-order valence-corrected chi connectivity index (χ2v) is 4.87. The van der Waals surface area contributed by atoms with Gasteiger partial charge in [0.25, 0.3) is 0 Å². The van der Waals surface area contributed by atoms with Gasteiger partial charge in [-0.05, 0) is 18.8 Å². The Morgan fingerprint density at radius 2 is 1.69 bits per heavy atom. The van der Waals surface area contributed by atoms with Crippen LogP contribution < -0.4 is 5.32 Å². The molecule has 0 saturated heterocycles. The van der Waals surface area contributed by atoms with Crippen molar-refractivity contribution in [2.75, 3.05) is 19.9 Å². The van der Waals surface area contributed by atoms with Crippen molar-refractivity contribution >= 4 is 0 Å². The maximum Gasteiger partial charge on any atom is 0.118 e. The van der Waals surface area contributed by atoms with Crippen LogP contribution in [0.25, 0.3) is 0 Å². The first-order valence-electron chi connectivity index (χ1n) is 6.31. The number of hydrogen-bond acceptors (Lipinski definition) is 3. The molecule has 0 fully saturated rings. The van der Waals surface area contributed by atoms with Gasteiger partial charge in [-0.25, -0.2) is 0 Å². The van der Waals surface area contributed by atoms with Crippen molar-refractivity contribution in [1.82, 2.24) is 5.32 Å². The van der Waals surface area contributed by atoms with Gasteiger partial charge in [0.15, 0.2) is 0 Å². The molecule has 0 radical (unpaired) electrons. The SMILES string of the molecule is CC(C)/C1=C(\C(C)C)OCCCCOCN1. The lowest BCUT2D eigenvalue weighted by atomic mass is 10.0. The Bertz CT molecular complexity index is 210. The summed E-state index contributed by atoms with van der Waals surface area (Å²) in [7, 11) is 0. The van der Waals surface area contributed by atoms with E-state index in [1.165, 1.54) is 5.70 Å². The van der Waals surface area contributed by atoms with E-state index >= 15 is 0 Å². The van der Waals surface area contributed by atoms with Gasteiger partial charge < -0.3 is 14.8 Å². The van der Waals surface area contributed by atoms with E-state index in [2.05, 4.69) is 33.0 Å². The van der Waals surface area contributed by atoms with E-state index in [0.29, 0.717) is 18.6 Å². The fourth-order valence-electron chi connectivity index (χ4n) is 1.82. The van der Waals surface area contributed by atoms with Crippen LogP contribution in [0.2, 0.25) is 0 Å². The molecule has 0 spiro atoms. The van der Waals surface area contributed by atoms with E-state index in [1.54, 1.807) is 0 Å². The van der Waals surface area contributed by atoms with Gasteiger partial charge in [-0.1, -0.05) is 27.7 Å². The largest absolute Gasteiger partial charge is 0.496 e. The summed E-state index contributed by atoms with van der Waals surface area (Å²) in [5.41, 5.74) is 1.19. The van der Waals surface area contributed by atoms with Crippen LogP contribution in [0.5, 0.6) is 0 Å². The van der Waals surface area contributed by atoms with Crippen molar-refractivity contribution in [1.29, 1.82) is 0 Å². The molecule has 0 atom stereocenters. The van der Waals surface area contributed by atoms with E-state index in [1.807, 2.05) is 0 Å². The van der Waals surface area contributed by atoms with Gasteiger partial charge in [-0.15, -0.1) is 0 Å². The lowest BCUT2D eigenvalue weighted by Crippen LogP contribution is -2.26. The normalized spacial score (nSPS) is 24.1. The van der Waals surface area contributed by atoms with Gasteiger partial charge in [0.2, 0.25) is 0 Å². The standard InChI is InChI=1S/C13H25NO2/c1-10(2)12-13(11(3)4)16-8-6-5-7-15-9-14-12/h10-11,14H,5-9H2,1-4H3/b13-12-. The molecular weight excluding hydrogens is 202 g/mol. The Hall–Kier alpha value is -0.700. The monoisotopic (exact) mass is 227 g/mol. The zero-order valence-electron chi connectivity index (χ0n) is 11.0. The van der Waals surface area contributed by atoms with Gasteiger partial charge >= 0.3 is 0 Å². The van der Waals surface area contributed by atoms with E-state index in [4.69, 9.17) is 9.47 Å². The molecule has 1 N–H and O–H groups in total. The van der Waals surface area contributed by atoms with Gasteiger partial charge in [-0.2, -0.15) is 0 Å². The molecule has 0 aromatic heterocycles. The third-order valence-corrected chi connectivity index (χ3v) is 2.67. The van der Waals surface area contributed by atoms with Crippen LogP contribution in [0.1, 0.15) is 40.5 Å². The summed E-state index contributed by atoms with van der Waals surface area (Å²) in [6.07, 6.45) is 2.14. The maximum absolute atomic E-state index is 5.92. The molecule has 16 heavy (non-hydrogen) atoms. The molecule has 0 unspecified atom stereocenters. The fourth-order valence-corrected chi connectivity index (χ4v) is 1.82. The van der Waals surface area contributed by atoms with Gasteiger partial charge in [0.05, 0.1) is 12.3 Å². The summed E-state index contributed by atoms with van der Waals surface area (Å²) in [6, 6.07) is 0. The van der Waals surface area contributed by atoms with Crippen molar-refractivity contribution in [3.63, 3.8) is 0 Å².